The first-order chi connectivity index (χ1) is 8.38. The van der Waals surface area contributed by atoms with Crippen molar-refractivity contribution >= 4 is 15.9 Å². The van der Waals surface area contributed by atoms with Crippen molar-refractivity contribution in [2.45, 2.75) is 31.0 Å². The van der Waals surface area contributed by atoms with Crippen LogP contribution in [-0.4, -0.2) is 15.0 Å². The molecule has 3 rings (SSSR count). The van der Waals surface area contributed by atoms with E-state index in [1.165, 1.54) is 36.1 Å². The van der Waals surface area contributed by atoms with Crippen molar-refractivity contribution in [3.05, 3.63) is 41.2 Å². The maximum absolute atomic E-state index is 4.20. The largest absolute Gasteiger partial charge is 0.220 e. The van der Waals surface area contributed by atoms with E-state index in [4.69, 9.17) is 0 Å². The molecule has 0 amide bonds. The zero-order valence-corrected chi connectivity index (χ0v) is 11.2. The lowest BCUT2D eigenvalue weighted by Gasteiger charge is -2.18. The molecular weight excluding hydrogens is 278 g/mol. The summed E-state index contributed by atoms with van der Waals surface area (Å²) in [6.07, 6.45) is 6.95. The van der Waals surface area contributed by atoms with Gasteiger partial charge in [-0.15, -0.1) is 5.10 Å². The molecule has 88 valence electrons. The van der Waals surface area contributed by atoms with Crippen LogP contribution in [0.2, 0.25) is 0 Å². The molecule has 1 aliphatic rings. The highest BCUT2D eigenvalue weighted by Gasteiger charge is 2.14. The van der Waals surface area contributed by atoms with Gasteiger partial charge in [-0.05, 0) is 42.9 Å². The SMILES string of the molecule is BrCc1cn(-c2cccc3c2CCCC3)nn1. The number of nitrogens with zero attached hydrogens (tertiary/aromatic N) is 3. The van der Waals surface area contributed by atoms with Crippen LogP contribution in [-0.2, 0) is 18.2 Å². The maximum atomic E-state index is 4.20. The molecule has 0 spiro atoms. The standard InChI is InChI=1S/C13H14BrN3/c14-8-11-9-17(16-15-11)13-7-3-5-10-4-1-2-6-12(10)13/h3,5,7,9H,1-2,4,6,8H2. The second kappa shape index (κ2) is 4.61. The Bertz CT molecular complexity index is 533. The lowest BCUT2D eigenvalue weighted by atomic mass is 9.90. The van der Waals surface area contributed by atoms with E-state index in [0.717, 1.165) is 17.4 Å². The first kappa shape index (κ1) is 11.0. The van der Waals surface area contributed by atoms with E-state index in [2.05, 4.69) is 44.4 Å². The fourth-order valence-electron chi connectivity index (χ4n) is 2.45. The molecule has 0 unspecified atom stereocenters. The fourth-order valence-corrected chi connectivity index (χ4v) is 2.71. The number of halogens is 1. The average Bonchev–Trinajstić information content (AvgIpc) is 2.87. The third-order valence-corrected chi connectivity index (χ3v) is 3.87. The Labute approximate surface area is 109 Å². The van der Waals surface area contributed by atoms with Gasteiger partial charge in [-0.3, -0.25) is 0 Å². The van der Waals surface area contributed by atoms with Crippen molar-refractivity contribution in [1.82, 2.24) is 15.0 Å². The molecule has 1 heterocycles. The van der Waals surface area contributed by atoms with Gasteiger partial charge in [0, 0.05) is 5.33 Å². The number of benzene rings is 1. The molecule has 0 radical (unpaired) electrons. The van der Waals surface area contributed by atoms with E-state index in [1.807, 2.05) is 10.9 Å². The van der Waals surface area contributed by atoms with Crippen molar-refractivity contribution in [3.63, 3.8) is 0 Å². The molecule has 0 N–H and O–H groups in total. The maximum Gasteiger partial charge on any atom is 0.0937 e. The Balaban J connectivity index is 2.07. The minimum absolute atomic E-state index is 0.752. The summed E-state index contributed by atoms with van der Waals surface area (Å²) in [5.74, 6) is 0. The van der Waals surface area contributed by atoms with Crippen LogP contribution in [0.5, 0.6) is 0 Å². The van der Waals surface area contributed by atoms with Gasteiger partial charge in [0.25, 0.3) is 0 Å². The summed E-state index contributed by atoms with van der Waals surface area (Å²) in [6, 6.07) is 6.49. The molecule has 4 heteroatoms. The number of fused-ring (bicyclic) bond motifs is 1. The number of aromatic nitrogens is 3. The van der Waals surface area contributed by atoms with E-state index in [0.29, 0.717) is 0 Å². The third kappa shape index (κ3) is 2.02. The van der Waals surface area contributed by atoms with E-state index >= 15 is 0 Å². The van der Waals surface area contributed by atoms with Crippen LogP contribution in [0.1, 0.15) is 29.7 Å². The molecular formula is C13H14BrN3. The van der Waals surface area contributed by atoms with Crippen molar-refractivity contribution in [3.8, 4) is 5.69 Å². The average molecular weight is 292 g/mol. The Hall–Kier alpha value is -1.16. The first-order valence-corrected chi connectivity index (χ1v) is 7.09. The summed E-state index contributed by atoms with van der Waals surface area (Å²) in [4.78, 5) is 0. The summed E-state index contributed by atoms with van der Waals surface area (Å²) in [7, 11) is 0. The van der Waals surface area contributed by atoms with Crippen LogP contribution in [0.15, 0.2) is 24.4 Å². The topological polar surface area (TPSA) is 30.7 Å². The molecule has 0 atom stereocenters. The van der Waals surface area contributed by atoms with Gasteiger partial charge < -0.3 is 0 Å². The molecule has 1 aliphatic carbocycles. The molecule has 2 aromatic rings. The van der Waals surface area contributed by atoms with Gasteiger partial charge in [0.2, 0.25) is 0 Å². The number of hydrogen-bond acceptors (Lipinski definition) is 2. The van der Waals surface area contributed by atoms with Gasteiger partial charge in [0.15, 0.2) is 0 Å². The summed E-state index contributed by atoms with van der Waals surface area (Å²) < 4.78 is 1.90. The summed E-state index contributed by atoms with van der Waals surface area (Å²) in [5, 5.41) is 9.08. The lowest BCUT2D eigenvalue weighted by Crippen LogP contribution is -2.08. The summed E-state index contributed by atoms with van der Waals surface area (Å²) in [5.41, 5.74) is 5.09. The smallest absolute Gasteiger partial charge is 0.0937 e. The predicted molar refractivity (Wildman–Crippen MR) is 70.6 cm³/mol. The number of hydrogen-bond donors (Lipinski definition) is 0. The summed E-state index contributed by atoms with van der Waals surface area (Å²) in [6.45, 7) is 0. The Morgan fingerprint density at radius 3 is 2.94 bits per heavy atom. The van der Waals surface area contributed by atoms with Crippen LogP contribution in [0.25, 0.3) is 5.69 Å². The molecule has 3 nitrogen and oxygen atoms in total. The Kier molecular flexibility index (Phi) is 2.97. The zero-order chi connectivity index (χ0) is 11.7. The van der Waals surface area contributed by atoms with Gasteiger partial charge in [-0.2, -0.15) is 0 Å². The van der Waals surface area contributed by atoms with Gasteiger partial charge in [0.05, 0.1) is 17.6 Å². The van der Waals surface area contributed by atoms with E-state index < -0.39 is 0 Å². The molecule has 17 heavy (non-hydrogen) atoms. The lowest BCUT2D eigenvalue weighted by molar-refractivity contribution is 0.673. The first-order valence-electron chi connectivity index (χ1n) is 5.97. The van der Waals surface area contributed by atoms with Crippen molar-refractivity contribution in [2.24, 2.45) is 0 Å². The molecule has 0 bridgehead atoms. The van der Waals surface area contributed by atoms with Crippen LogP contribution >= 0.6 is 15.9 Å². The highest BCUT2D eigenvalue weighted by atomic mass is 79.9. The summed E-state index contributed by atoms with van der Waals surface area (Å²) >= 11 is 3.40. The van der Waals surface area contributed by atoms with Crippen LogP contribution in [0.3, 0.4) is 0 Å². The monoisotopic (exact) mass is 291 g/mol. The highest BCUT2D eigenvalue weighted by molar-refractivity contribution is 9.08. The minimum Gasteiger partial charge on any atom is -0.220 e. The molecule has 1 aromatic carbocycles. The van der Waals surface area contributed by atoms with Gasteiger partial charge in [-0.1, -0.05) is 33.3 Å². The Morgan fingerprint density at radius 1 is 1.24 bits per heavy atom. The van der Waals surface area contributed by atoms with Crippen LogP contribution in [0, 0.1) is 0 Å². The minimum atomic E-state index is 0.752. The van der Waals surface area contributed by atoms with Crippen molar-refractivity contribution in [1.29, 1.82) is 0 Å². The normalized spacial score (nSPS) is 14.6. The molecule has 0 aliphatic heterocycles. The quantitative estimate of drug-likeness (QED) is 0.797. The van der Waals surface area contributed by atoms with Gasteiger partial charge in [0.1, 0.15) is 0 Å². The molecule has 0 saturated carbocycles. The highest BCUT2D eigenvalue weighted by Crippen LogP contribution is 2.26. The second-order valence-corrected chi connectivity index (χ2v) is 4.97. The molecule has 0 fully saturated rings. The second-order valence-electron chi connectivity index (χ2n) is 4.41. The van der Waals surface area contributed by atoms with Crippen molar-refractivity contribution in [2.75, 3.05) is 0 Å². The van der Waals surface area contributed by atoms with E-state index in [1.54, 1.807) is 0 Å². The zero-order valence-electron chi connectivity index (χ0n) is 9.56. The number of aryl methyl sites for hydroxylation is 1. The van der Waals surface area contributed by atoms with Gasteiger partial charge in [-0.25, -0.2) is 4.68 Å². The van der Waals surface area contributed by atoms with E-state index in [-0.39, 0.29) is 0 Å². The predicted octanol–water partition coefficient (Wildman–Crippen LogP) is 3.04. The fraction of sp³-hybridized carbons (Fsp3) is 0.385. The van der Waals surface area contributed by atoms with E-state index in [9.17, 15) is 0 Å². The van der Waals surface area contributed by atoms with Gasteiger partial charge >= 0.3 is 0 Å². The van der Waals surface area contributed by atoms with Crippen molar-refractivity contribution < 1.29 is 0 Å². The molecule has 1 aromatic heterocycles. The number of rotatable bonds is 2. The van der Waals surface area contributed by atoms with Crippen LogP contribution < -0.4 is 0 Å². The molecule has 0 saturated heterocycles. The van der Waals surface area contributed by atoms with Crippen LogP contribution in [0.4, 0.5) is 0 Å². The third-order valence-electron chi connectivity index (χ3n) is 3.30. The Morgan fingerprint density at radius 2 is 2.12 bits per heavy atom. The number of alkyl halides is 1.